The lowest BCUT2D eigenvalue weighted by Crippen LogP contribution is -2.24. The van der Waals surface area contributed by atoms with Gasteiger partial charge in [-0.15, -0.1) is 0 Å². The lowest BCUT2D eigenvalue weighted by Gasteiger charge is -2.10. The Hall–Kier alpha value is -2.14. The summed E-state index contributed by atoms with van der Waals surface area (Å²) in [6.45, 7) is 4.00. The number of fused-ring (bicyclic) bond motifs is 1. The van der Waals surface area contributed by atoms with Crippen LogP contribution < -0.4 is 4.90 Å². The number of aryl methyl sites for hydroxylation is 2. The van der Waals surface area contributed by atoms with Crippen molar-refractivity contribution in [2.75, 3.05) is 11.9 Å². The Balaban J connectivity index is 1.95. The number of nitrogens with zero attached hydrogens (tertiary/aromatic N) is 2. The predicted octanol–water partition coefficient (Wildman–Crippen LogP) is 3.01. The standard InChI is InChI=1S/C16H14N2O2S/c1-9-6-10(2)17-14(7-9)21-11-4-5-12-13(8-11)18(3)16(20)15(12)19/h4-8H,1-3H3. The summed E-state index contributed by atoms with van der Waals surface area (Å²) >= 11 is 1.53. The Morgan fingerprint density at radius 1 is 1.10 bits per heavy atom. The minimum atomic E-state index is -0.475. The minimum Gasteiger partial charge on any atom is -0.308 e. The lowest BCUT2D eigenvalue weighted by atomic mass is 10.1. The first kappa shape index (κ1) is 13.8. The number of ketones is 1. The van der Waals surface area contributed by atoms with Crippen molar-refractivity contribution in [2.24, 2.45) is 0 Å². The van der Waals surface area contributed by atoms with E-state index >= 15 is 0 Å². The van der Waals surface area contributed by atoms with Crippen molar-refractivity contribution in [1.82, 2.24) is 4.98 Å². The van der Waals surface area contributed by atoms with Crippen LogP contribution in [0, 0.1) is 13.8 Å². The van der Waals surface area contributed by atoms with Crippen LogP contribution in [0.1, 0.15) is 21.6 Å². The molecule has 0 saturated heterocycles. The molecule has 3 rings (SSSR count). The second kappa shape index (κ2) is 5.00. The van der Waals surface area contributed by atoms with Crippen molar-refractivity contribution in [2.45, 2.75) is 23.8 Å². The van der Waals surface area contributed by atoms with Crippen LogP contribution in [0.25, 0.3) is 0 Å². The van der Waals surface area contributed by atoms with Crippen LogP contribution in [0.5, 0.6) is 0 Å². The van der Waals surface area contributed by atoms with Gasteiger partial charge in [0, 0.05) is 17.6 Å². The average molecular weight is 298 g/mol. The number of hydrogen-bond donors (Lipinski definition) is 0. The molecule has 1 aromatic heterocycles. The summed E-state index contributed by atoms with van der Waals surface area (Å²) in [5.74, 6) is -0.912. The largest absolute Gasteiger partial charge is 0.308 e. The zero-order valence-electron chi connectivity index (χ0n) is 12.0. The van der Waals surface area contributed by atoms with Crippen molar-refractivity contribution in [3.63, 3.8) is 0 Å². The summed E-state index contributed by atoms with van der Waals surface area (Å²) in [6, 6.07) is 9.47. The molecule has 0 bridgehead atoms. The van der Waals surface area contributed by atoms with Gasteiger partial charge in [-0.25, -0.2) is 4.98 Å². The molecule has 0 aliphatic carbocycles. The Morgan fingerprint density at radius 3 is 2.57 bits per heavy atom. The molecular formula is C16H14N2O2S. The van der Waals surface area contributed by atoms with E-state index in [4.69, 9.17) is 0 Å². The van der Waals surface area contributed by atoms with Crippen LogP contribution in [0.4, 0.5) is 5.69 Å². The molecule has 0 radical (unpaired) electrons. The molecule has 0 atom stereocenters. The van der Waals surface area contributed by atoms with Crippen molar-refractivity contribution in [1.29, 1.82) is 0 Å². The number of carbonyl (C=O) groups is 2. The van der Waals surface area contributed by atoms with Gasteiger partial charge in [-0.1, -0.05) is 11.8 Å². The number of carbonyl (C=O) groups excluding carboxylic acids is 2. The number of rotatable bonds is 2. The Kier molecular flexibility index (Phi) is 3.29. The molecule has 0 unspecified atom stereocenters. The molecule has 1 amide bonds. The molecular weight excluding hydrogens is 284 g/mol. The van der Waals surface area contributed by atoms with E-state index in [0.29, 0.717) is 11.3 Å². The van der Waals surface area contributed by atoms with Crippen molar-refractivity contribution in [3.05, 3.63) is 47.2 Å². The van der Waals surface area contributed by atoms with Crippen LogP contribution in [-0.2, 0) is 4.79 Å². The molecule has 1 aliphatic rings. The molecule has 4 nitrogen and oxygen atoms in total. The SMILES string of the molecule is Cc1cc(C)nc(Sc2ccc3c(c2)N(C)C(=O)C3=O)c1. The highest BCUT2D eigenvalue weighted by molar-refractivity contribution is 7.99. The highest BCUT2D eigenvalue weighted by Crippen LogP contribution is 2.34. The molecule has 0 N–H and O–H groups in total. The van der Waals surface area contributed by atoms with E-state index in [1.807, 2.05) is 38.1 Å². The van der Waals surface area contributed by atoms with E-state index in [1.54, 1.807) is 13.1 Å². The zero-order chi connectivity index (χ0) is 15.1. The van der Waals surface area contributed by atoms with E-state index < -0.39 is 11.7 Å². The van der Waals surface area contributed by atoms with E-state index in [0.717, 1.165) is 21.2 Å². The number of Topliss-reactive ketones (excluding diaryl/α,β-unsaturated/α-hetero) is 1. The maximum atomic E-state index is 11.8. The Morgan fingerprint density at radius 2 is 1.86 bits per heavy atom. The number of amides is 1. The molecule has 2 aromatic rings. The smallest absolute Gasteiger partial charge is 0.299 e. The lowest BCUT2D eigenvalue weighted by molar-refractivity contribution is -0.114. The third-order valence-corrected chi connectivity index (χ3v) is 4.28. The van der Waals surface area contributed by atoms with Crippen molar-refractivity contribution >= 4 is 29.1 Å². The quantitative estimate of drug-likeness (QED) is 0.800. The van der Waals surface area contributed by atoms with Crippen LogP contribution in [0.2, 0.25) is 0 Å². The first-order chi connectivity index (χ1) is 9.95. The third kappa shape index (κ3) is 2.45. The fourth-order valence-electron chi connectivity index (χ4n) is 2.40. The zero-order valence-corrected chi connectivity index (χ0v) is 12.8. The highest BCUT2D eigenvalue weighted by Gasteiger charge is 2.33. The number of likely N-dealkylation sites (N-methyl/N-ethyl adjacent to an activating group) is 1. The predicted molar refractivity (Wildman–Crippen MR) is 82.0 cm³/mol. The third-order valence-electron chi connectivity index (χ3n) is 3.37. The Labute approximate surface area is 127 Å². The average Bonchev–Trinajstić information content (AvgIpc) is 2.63. The minimum absolute atomic E-state index is 0.437. The molecule has 106 valence electrons. The summed E-state index contributed by atoms with van der Waals surface area (Å²) in [4.78, 5) is 30.3. The summed E-state index contributed by atoms with van der Waals surface area (Å²) in [5.41, 5.74) is 3.27. The Bertz CT molecular complexity index is 751. The molecule has 2 heterocycles. The summed E-state index contributed by atoms with van der Waals surface area (Å²) in [7, 11) is 1.62. The highest BCUT2D eigenvalue weighted by atomic mass is 32.2. The topological polar surface area (TPSA) is 50.3 Å². The first-order valence-corrected chi connectivity index (χ1v) is 7.37. The molecule has 1 aromatic carbocycles. The molecule has 0 fully saturated rings. The van der Waals surface area contributed by atoms with Gasteiger partial charge in [0.1, 0.15) is 5.03 Å². The molecule has 0 saturated carbocycles. The summed E-state index contributed by atoms with van der Waals surface area (Å²) in [6.07, 6.45) is 0. The first-order valence-electron chi connectivity index (χ1n) is 6.55. The van der Waals surface area contributed by atoms with Crippen molar-refractivity contribution in [3.8, 4) is 0 Å². The van der Waals surface area contributed by atoms with Gasteiger partial charge in [0.25, 0.3) is 11.7 Å². The van der Waals surface area contributed by atoms with Crippen LogP contribution in [0.3, 0.4) is 0 Å². The molecule has 5 heteroatoms. The second-order valence-electron chi connectivity index (χ2n) is 5.10. The summed E-state index contributed by atoms with van der Waals surface area (Å²) in [5, 5.41) is 0.908. The van der Waals surface area contributed by atoms with Gasteiger partial charge < -0.3 is 4.90 Å². The summed E-state index contributed by atoms with van der Waals surface area (Å²) < 4.78 is 0. The maximum absolute atomic E-state index is 11.8. The van der Waals surface area contributed by atoms with Gasteiger partial charge in [0.15, 0.2) is 0 Å². The van der Waals surface area contributed by atoms with Gasteiger partial charge in [0.2, 0.25) is 0 Å². The normalized spacial score (nSPS) is 13.8. The van der Waals surface area contributed by atoms with E-state index in [-0.39, 0.29) is 0 Å². The monoisotopic (exact) mass is 298 g/mol. The number of benzene rings is 1. The van der Waals surface area contributed by atoms with Gasteiger partial charge in [-0.3, -0.25) is 9.59 Å². The van der Waals surface area contributed by atoms with Gasteiger partial charge in [-0.2, -0.15) is 0 Å². The van der Waals surface area contributed by atoms with Crippen LogP contribution in [-0.4, -0.2) is 23.7 Å². The number of hydrogen-bond acceptors (Lipinski definition) is 4. The maximum Gasteiger partial charge on any atom is 0.299 e. The molecule has 21 heavy (non-hydrogen) atoms. The number of aromatic nitrogens is 1. The van der Waals surface area contributed by atoms with Crippen molar-refractivity contribution < 1.29 is 9.59 Å². The number of pyridine rings is 1. The van der Waals surface area contributed by atoms with E-state index in [1.165, 1.54) is 16.7 Å². The molecule has 1 aliphatic heterocycles. The van der Waals surface area contributed by atoms with Crippen LogP contribution in [0.15, 0.2) is 40.3 Å². The van der Waals surface area contributed by atoms with E-state index in [9.17, 15) is 9.59 Å². The second-order valence-corrected chi connectivity index (χ2v) is 6.19. The van der Waals surface area contributed by atoms with Crippen LogP contribution >= 0.6 is 11.8 Å². The van der Waals surface area contributed by atoms with Gasteiger partial charge in [-0.05, 0) is 49.7 Å². The molecule has 0 spiro atoms. The van der Waals surface area contributed by atoms with Gasteiger partial charge >= 0.3 is 0 Å². The number of anilines is 1. The van der Waals surface area contributed by atoms with E-state index in [2.05, 4.69) is 4.98 Å². The van der Waals surface area contributed by atoms with Gasteiger partial charge in [0.05, 0.1) is 11.3 Å². The fourth-order valence-corrected chi connectivity index (χ4v) is 3.38. The fraction of sp³-hybridized carbons (Fsp3) is 0.188.